The fraction of sp³-hybridized carbons (Fsp3) is 0.100. The smallest absolute Gasteiger partial charge is 0.328 e. The summed E-state index contributed by atoms with van der Waals surface area (Å²) in [6.07, 6.45) is 2.28. The number of carboxylic acids is 1. The van der Waals surface area contributed by atoms with Gasteiger partial charge in [-0.25, -0.2) is 4.79 Å². The van der Waals surface area contributed by atoms with Crippen molar-refractivity contribution in [3.05, 3.63) is 28.8 Å². The predicted octanol–water partition coefficient (Wildman–Crippen LogP) is 1.52. The summed E-state index contributed by atoms with van der Waals surface area (Å²) in [5.74, 6) is -1.39. The molecule has 0 aliphatic heterocycles. The molecule has 0 radical (unpaired) electrons. The average molecular weight is 228 g/mol. The maximum Gasteiger partial charge on any atom is 0.328 e. The molecule has 0 unspecified atom stereocenters. The molecular formula is C10H8ClO4-. The Morgan fingerprint density at radius 3 is 2.80 bits per heavy atom. The van der Waals surface area contributed by atoms with Crippen molar-refractivity contribution in [1.29, 1.82) is 0 Å². The third-order valence-corrected chi connectivity index (χ3v) is 1.95. The highest BCUT2D eigenvalue weighted by Gasteiger charge is 2.00. The summed E-state index contributed by atoms with van der Waals surface area (Å²) in [5.41, 5.74) is 0.499. The molecule has 0 aromatic heterocycles. The molecule has 0 aliphatic rings. The first-order valence-corrected chi connectivity index (χ1v) is 4.38. The molecule has 15 heavy (non-hydrogen) atoms. The van der Waals surface area contributed by atoms with Crippen LogP contribution in [0, 0.1) is 0 Å². The van der Waals surface area contributed by atoms with Crippen LogP contribution in [0.3, 0.4) is 0 Å². The maximum atomic E-state index is 11.3. The van der Waals surface area contributed by atoms with E-state index < -0.39 is 11.7 Å². The monoisotopic (exact) mass is 227 g/mol. The zero-order chi connectivity index (χ0) is 11.4. The van der Waals surface area contributed by atoms with Gasteiger partial charge in [0, 0.05) is 11.1 Å². The van der Waals surface area contributed by atoms with E-state index in [1.54, 1.807) is 0 Å². The minimum absolute atomic E-state index is 0.000566. The zero-order valence-corrected chi connectivity index (χ0v) is 8.62. The summed E-state index contributed by atoms with van der Waals surface area (Å²) in [5, 5.41) is 19.7. The SMILES string of the molecule is COc1cc(/C=C/C(=O)O)cc(Cl)c1[O-]. The second-order valence-electron chi connectivity index (χ2n) is 2.71. The molecule has 0 saturated heterocycles. The molecule has 0 heterocycles. The van der Waals surface area contributed by atoms with Gasteiger partial charge in [0.15, 0.2) is 0 Å². The van der Waals surface area contributed by atoms with Crippen molar-refractivity contribution in [2.45, 2.75) is 0 Å². The van der Waals surface area contributed by atoms with E-state index in [4.69, 9.17) is 21.4 Å². The normalized spacial score (nSPS) is 10.5. The highest BCUT2D eigenvalue weighted by Crippen LogP contribution is 2.32. The van der Waals surface area contributed by atoms with Crippen molar-refractivity contribution in [3.63, 3.8) is 0 Å². The predicted molar refractivity (Wildman–Crippen MR) is 54.1 cm³/mol. The number of carboxylic acid groups (broad SMARTS) is 1. The average Bonchev–Trinajstić information content (AvgIpc) is 2.19. The molecule has 0 fully saturated rings. The minimum Gasteiger partial charge on any atom is -0.869 e. The standard InChI is InChI=1S/C10H9ClO4/c1-15-8-5-6(2-3-9(12)13)4-7(11)10(8)14/h2-5,14H,1H3,(H,12,13)/p-1/b3-2+. The van der Waals surface area contributed by atoms with E-state index in [0.29, 0.717) is 5.56 Å². The van der Waals surface area contributed by atoms with Gasteiger partial charge in [-0.1, -0.05) is 11.6 Å². The molecule has 0 aliphatic carbocycles. The van der Waals surface area contributed by atoms with Crippen LogP contribution in [-0.2, 0) is 4.79 Å². The molecule has 1 aromatic carbocycles. The summed E-state index contributed by atoms with van der Waals surface area (Å²) in [7, 11) is 1.34. The van der Waals surface area contributed by atoms with Crippen LogP contribution < -0.4 is 9.84 Å². The van der Waals surface area contributed by atoms with E-state index in [2.05, 4.69) is 0 Å². The number of halogens is 1. The lowest BCUT2D eigenvalue weighted by molar-refractivity contribution is -0.269. The van der Waals surface area contributed by atoms with E-state index >= 15 is 0 Å². The molecule has 0 bridgehead atoms. The van der Waals surface area contributed by atoms with Crippen LogP contribution in [0.4, 0.5) is 0 Å². The second-order valence-corrected chi connectivity index (χ2v) is 3.11. The molecule has 0 atom stereocenters. The fourth-order valence-electron chi connectivity index (χ4n) is 1.00. The van der Waals surface area contributed by atoms with Crippen LogP contribution in [0.2, 0.25) is 5.02 Å². The molecule has 5 heteroatoms. The quantitative estimate of drug-likeness (QED) is 0.795. The van der Waals surface area contributed by atoms with Gasteiger partial charge in [0.05, 0.1) is 7.11 Å². The molecule has 4 nitrogen and oxygen atoms in total. The number of ether oxygens (including phenoxy) is 1. The number of carbonyl (C=O) groups is 1. The molecule has 1 aromatic rings. The highest BCUT2D eigenvalue weighted by molar-refractivity contribution is 6.32. The molecule has 0 spiro atoms. The first-order chi connectivity index (χ1) is 7.04. The Morgan fingerprint density at radius 2 is 2.27 bits per heavy atom. The number of rotatable bonds is 3. The highest BCUT2D eigenvalue weighted by atomic mass is 35.5. The Kier molecular flexibility index (Phi) is 3.57. The van der Waals surface area contributed by atoms with Crippen molar-refractivity contribution in [2.24, 2.45) is 0 Å². The van der Waals surface area contributed by atoms with Crippen molar-refractivity contribution in [1.82, 2.24) is 0 Å². The minimum atomic E-state index is -1.07. The van der Waals surface area contributed by atoms with Gasteiger partial charge in [0.2, 0.25) is 0 Å². The molecule has 0 amide bonds. The number of aliphatic carboxylic acids is 1. The maximum absolute atomic E-state index is 11.3. The van der Waals surface area contributed by atoms with Gasteiger partial charge in [0.1, 0.15) is 5.75 Å². The molecule has 0 saturated carbocycles. The van der Waals surface area contributed by atoms with Crippen LogP contribution >= 0.6 is 11.6 Å². The lowest BCUT2D eigenvalue weighted by atomic mass is 10.2. The Bertz CT molecular complexity index is 412. The molecule has 1 N–H and O–H groups in total. The third-order valence-electron chi connectivity index (χ3n) is 1.67. The van der Waals surface area contributed by atoms with Crippen LogP contribution in [-0.4, -0.2) is 18.2 Å². The van der Waals surface area contributed by atoms with Crippen molar-refractivity contribution >= 4 is 23.6 Å². The molecule has 80 valence electrons. The first kappa shape index (κ1) is 11.4. The topological polar surface area (TPSA) is 69.6 Å². The Labute approximate surface area is 91.4 Å². The van der Waals surface area contributed by atoms with Crippen LogP contribution in [0.1, 0.15) is 5.56 Å². The van der Waals surface area contributed by atoms with E-state index in [1.165, 1.54) is 25.3 Å². The van der Waals surface area contributed by atoms with E-state index in [0.717, 1.165) is 6.08 Å². The third kappa shape index (κ3) is 2.89. The Balaban J connectivity index is 3.11. The van der Waals surface area contributed by atoms with E-state index in [9.17, 15) is 9.90 Å². The lowest BCUT2D eigenvalue weighted by Crippen LogP contribution is -1.96. The van der Waals surface area contributed by atoms with Crippen molar-refractivity contribution in [3.8, 4) is 11.5 Å². The van der Waals surface area contributed by atoms with Gasteiger partial charge < -0.3 is 14.9 Å². The summed E-state index contributed by atoms with van der Waals surface area (Å²) >= 11 is 5.64. The number of hydrogen-bond acceptors (Lipinski definition) is 3. The van der Waals surface area contributed by atoms with Crippen LogP contribution in [0.5, 0.6) is 11.5 Å². The molecular weight excluding hydrogens is 220 g/mol. The number of methoxy groups -OCH3 is 1. The van der Waals surface area contributed by atoms with Crippen molar-refractivity contribution < 1.29 is 19.7 Å². The number of hydrogen-bond donors (Lipinski definition) is 1. The van der Waals surface area contributed by atoms with Gasteiger partial charge in [-0.05, 0) is 29.5 Å². The lowest BCUT2D eigenvalue weighted by Gasteiger charge is -2.14. The Morgan fingerprint density at radius 1 is 1.60 bits per heavy atom. The largest absolute Gasteiger partial charge is 0.869 e. The summed E-state index contributed by atoms with van der Waals surface area (Å²) in [6, 6.07) is 2.81. The zero-order valence-electron chi connectivity index (χ0n) is 7.86. The van der Waals surface area contributed by atoms with Crippen molar-refractivity contribution in [2.75, 3.05) is 7.11 Å². The van der Waals surface area contributed by atoms with Gasteiger partial charge >= 0.3 is 5.97 Å². The van der Waals surface area contributed by atoms with Gasteiger partial charge in [0.25, 0.3) is 0 Å². The van der Waals surface area contributed by atoms with Crippen LogP contribution in [0.25, 0.3) is 6.08 Å². The van der Waals surface area contributed by atoms with Gasteiger partial charge in [-0.3, -0.25) is 0 Å². The van der Waals surface area contributed by atoms with Gasteiger partial charge in [-0.15, -0.1) is 0 Å². The fourth-order valence-corrected chi connectivity index (χ4v) is 1.22. The van der Waals surface area contributed by atoms with E-state index in [1.807, 2.05) is 0 Å². The summed E-state index contributed by atoms with van der Waals surface area (Å²) < 4.78 is 4.80. The van der Waals surface area contributed by atoms with Gasteiger partial charge in [-0.2, -0.15) is 0 Å². The summed E-state index contributed by atoms with van der Waals surface area (Å²) in [4.78, 5) is 10.3. The first-order valence-electron chi connectivity index (χ1n) is 4.00. The summed E-state index contributed by atoms with van der Waals surface area (Å²) in [6.45, 7) is 0. The second kappa shape index (κ2) is 4.70. The number of benzene rings is 1. The molecule has 1 rings (SSSR count). The Hall–Kier alpha value is -1.68. The van der Waals surface area contributed by atoms with Crippen LogP contribution in [0.15, 0.2) is 18.2 Å². The van der Waals surface area contributed by atoms with E-state index in [-0.39, 0.29) is 10.8 Å².